The number of alkyl halides is 3. The summed E-state index contributed by atoms with van der Waals surface area (Å²) in [5, 5.41) is 11.1. The van der Waals surface area contributed by atoms with Crippen LogP contribution in [0.25, 0.3) is 0 Å². The number of rotatable bonds is 5. The molecule has 2 N–H and O–H groups in total. The first-order chi connectivity index (χ1) is 8.61. The molecule has 0 spiro atoms. The van der Waals surface area contributed by atoms with Crippen LogP contribution in [0.2, 0.25) is 0 Å². The van der Waals surface area contributed by atoms with Crippen molar-refractivity contribution in [1.82, 2.24) is 10.2 Å². The number of hydrogen-bond acceptors (Lipinski definition) is 2. The zero-order chi connectivity index (χ0) is 14.8. The Morgan fingerprint density at radius 2 is 1.89 bits per heavy atom. The van der Waals surface area contributed by atoms with Crippen molar-refractivity contribution in [2.75, 3.05) is 6.54 Å². The van der Waals surface area contributed by atoms with Crippen molar-refractivity contribution in [3.63, 3.8) is 0 Å². The number of nitrogens with one attached hydrogen (secondary N) is 1. The molecular formula is C11H17F3N2O3. The smallest absolute Gasteiger partial charge is 0.406 e. The van der Waals surface area contributed by atoms with Gasteiger partial charge >= 0.3 is 18.2 Å². The normalized spacial score (nSPS) is 17.2. The first kappa shape index (κ1) is 15.6. The standard InChI is InChI=1S/C11H17F3N2O3/c1-6(2)8(9(17)18)15-10(19)16(7-3-4-7)5-11(12,13)14/h6-8H,3-5H2,1-2H3,(H,15,19)(H,17,18)/t8-/m1/s1. The lowest BCUT2D eigenvalue weighted by Crippen LogP contribution is -2.52. The van der Waals surface area contributed by atoms with Crippen LogP contribution >= 0.6 is 0 Å². The highest BCUT2D eigenvalue weighted by Gasteiger charge is 2.41. The zero-order valence-electron chi connectivity index (χ0n) is 10.7. The van der Waals surface area contributed by atoms with Crippen molar-refractivity contribution >= 4 is 12.0 Å². The molecule has 0 aliphatic heterocycles. The monoisotopic (exact) mass is 282 g/mol. The Morgan fingerprint density at radius 1 is 1.37 bits per heavy atom. The summed E-state index contributed by atoms with van der Waals surface area (Å²) < 4.78 is 37.1. The fourth-order valence-corrected chi connectivity index (χ4v) is 1.68. The summed E-state index contributed by atoms with van der Waals surface area (Å²) in [6.07, 6.45) is -3.46. The molecule has 0 aromatic carbocycles. The van der Waals surface area contributed by atoms with Crippen molar-refractivity contribution in [2.24, 2.45) is 5.92 Å². The predicted octanol–water partition coefficient (Wildman–Crippen LogP) is 1.83. The predicted molar refractivity (Wildman–Crippen MR) is 60.6 cm³/mol. The van der Waals surface area contributed by atoms with E-state index < -0.39 is 42.7 Å². The first-order valence-corrected chi connectivity index (χ1v) is 5.98. The molecule has 0 unspecified atom stereocenters. The van der Waals surface area contributed by atoms with Crippen LogP contribution in [0.15, 0.2) is 0 Å². The van der Waals surface area contributed by atoms with Gasteiger partial charge in [-0.1, -0.05) is 13.8 Å². The molecule has 2 amide bonds. The maximum absolute atomic E-state index is 12.4. The zero-order valence-corrected chi connectivity index (χ0v) is 10.7. The molecule has 0 aromatic heterocycles. The molecule has 0 bridgehead atoms. The molecule has 1 fully saturated rings. The van der Waals surface area contributed by atoms with E-state index in [1.807, 2.05) is 0 Å². The van der Waals surface area contributed by atoms with Crippen LogP contribution in [0.4, 0.5) is 18.0 Å². The van der Waals surface area contributed by atoms with Crippen LogP contribution in [0.1, 0.15) is 26.7 Å². The highest BCUT2D eigenvalue weighted by Crippen LogP contribution is 2.30. The topological polar surface area (TPSA) is 69.6 Å². The van der Waals surface area contributed by atoms with E-state index in [-0.39, 0.29) is 0 Å². The number of carbonyl (C=O) groups excluding carboxylic acids is 1. The Bertz CT molecular complexity index is 354. The molecule has 1 rings (SSSR count). The molecule has 110 valence electrons. The maximum Gasteiger partial charge on any atom is 0.406 e. The minimum absolute atomic E-state index is 0.409. The summed E-state index contributed by atoms with van der Waals surface area (Å²) in [6.45, 7) is 1.79. The minimum atomic E-state index is -4.49. The lowest BCUT2D eigenvalue weighted by Gasteiger charge is -2.27. The average Bonchev–Trinajstić information content (AvgIpc) is 3.03. The van der Waals surface area contributed by atoms with Gasteiger partial charge in [0.15, 0.2) is 0 Å². The van der Waals surface area contributed by atoms with E-state index >= 15 is 0 Å². The Morgan fingerprint density at radius 3 is 2.21 bits per heavy atom. The molecule has 0 heterocycles. The number of hydrogen-bond donors (Lipinski definition) is 2. The van der Waals surface area contributed by atoms with Gasteiger partial charge in [0.2, 0.25) is 0 Å². The molecule has 0 aromatic rings. The van der Waals surface area contributed by atoms with E-state index in [0.29, 0.717) is 17.7 Å². The van der Waals surface area contributed by atoms with Gasteiger partial charge in [0, 0.05) is 6.04 Å². The molecule has 8 heteroatoms. The number of nitrogens with zero attached hydrogens (tertiary/aromatic N) is 1. The van der Waals surface area contributed by atoms with E-state index in [0.717, 1.165) is 0 Å². The molecule has 1 saturated carbocycles. The maximum atomic E-state index is 12.4. The van der Waals surface area contributed by atoms with Crippen LogP contribution in [0.5, 0.6) is 0 Å². The Labute approximate surface area is 108 Å². The Kier molecular flexibility index (Phi) is 4.65. The summed E-state index contributed by atoms with van der Waals surface area (Å²) in [6, 6.07) is -2.61. The summed E-state index contributed by atoms with van der Waals surface area (Å²) in [5.41, 5.74) is 0. The van der Waals surface area contributed by atoms with Crippen LogP contribution < -0.4 is 5.32 Å². The quantitative estimate of drug-likeness (QED) is 0.808. The minimum Gasteiger partial charge on any atom is -0.480 e. The number of halogens is 3. The van der Waals surface area contributed by atoms with Crippen molar-refractivity contribution in [3.05, 3.63) is 0 Å². The number of amides is 2. The summed E-state index contributed by atoms with van der Waals surface area (Å²) in [7, 11) is 0. The van der Waals surface area contributed by atoms with Crippen molar-refractivity contribution < 1.29 is 27.9 Å². The van der Waals surface area contributed by atoms with E-state index in [2.05, 4.69) is 5.32 Å². The van der Waals surface area contributed by atoms with E-state index in [1.54, 1.807) is 13.8 Å². The fraction of sp³-hybridized carbons (Fsp3) is 0.818. The van der Waals surface area contributed by atoms with E-state index in [9.17, 15) is 22.8 Å². The number of carboxylic acid groups (broad SMARTS) is 1. The number of carbonyl (C=O) groups is 2. The number of urea groups is 1. The van der Waals surface area contributed by atoms with Gasteiger partial charge < -0.3 is 15.3 Å². The summed E-state index contributed by atoms with van der Waals surface area (Å²) in [5.74, 6) is -1.67. The summed E-state index contributed by atoms with van der Waals surface area (Å²) in [4.78, 5) is 23.4. The second-order valence-electron chi connectivity index (χ2n) is 4.98. The third kappa shape index (κ3) is 4.96. The average molecular weight is 282 g/mol. The van der Waals surface area contributed by atoms with Crippen LogP contribution in [-0.4, -0.2) is 46.8 Å². The summed E-state index contributed by atoms with van der Waals surface area (Å²) >= 11 is 0. The molecule has 19 heavy (non-hydrogen) atoms. The second kappa shape index (κ2) is 5.66. The largest absolute Gasteiger partial charge is 0.480 e. The third-order valence-corrected chi connectivity index (χ3v) is 2.81. The van der Waals surface area contributed by atoms with Gasteiger partial charge in [0.25, 0.3) is 0 Å². The second-order valence-corrected chi connectivity index (χ2v) is 4.98. The van der Waals surface area contributed by atoms with Gasteiger partial charge in [0.1, 0.15) is 12.6 Å². The van der Waals surface area contributed by atoms with Gasteiger partial charge in [-0.2, -0.15) is 13.2 Å². The van der Waals surface area contributed by atoms with Gasteiger partial charge in [-0.15, -0.1) is 0 Å². The highest BCUT2D eigenvalue weighted by molar-refractivity contribution is 5.83. The molecule has 5 nitrogen and oxygen atoms in total. The molecule has 1 aliphatic rings. The van der Waals surface area contributed by atoms with Crippen LogP contribution in [0.3, 0.4) is 0 Å². The van der Waals surface area contributed by atoms with Gasteiger partial charge in [-0.05, 0) is 18.8 Å². The lowest BCUT2D eigenvalue weighted by molar-refractivity contribution is -0.142. The Balaban J connectivity index is 2.69. The van der Waals surface area contributed by atoms with Gasteiger partial charge in [-0.25, -0.2) is 9.59 Å². The van der Waals surface area contributed by atoms with Gasteiger partial charge in [0.05, 0.1) is 0 Å². The fourth-order valence-electron chi connectivity index (χ4n) is 1.68. The first-order valence-electron chi connectivity index (χ1n) is 5.98. The molecule has 1 aliphatic carbocycles. The molecule has 0 saturated heterocycles. The third-order valence-electron chi connectivity index (χ3n) is 2.81. The van der Waals surface area contributed by atoms with Crippen molar-refractivity contribution in [2.45, 2.75) is 44.9 Å². The number of carboxylic acids is 1. The highest BCUT2D eigenvalue weighted by atomic mass is 19.4. The van der Waals surface area contributed by atoms with Crippen molar-refractivity contribution in [1.29, 1.82) is 0 Å². The Hall–Kier alpha value is -1.47. The van der Waals surface area contributed by atoms with E-state index in [1.165, 1.54) is 0 Å². The van der Waals surface area contributed by atoms with Crippen molar-refractivity contribution in [3.8, 4) is 0 Å². The molecule has 0 radical (unpaired) electrons. The van der Waals surface area contributed by atoms with Crippen LogP contribution in [0, 0.1) is 5.92 Å². The van der Waals surface area contributed by atoms with Gasteiger partial charge in [-0.3, -0.25) is 0 Å². The molecular weight excluding hydrogens is 265 g/mol. The molecule has 1 atom stereocenters. The SMILES string of the molecule is CC(C)[C@@H](NC(=O)N(CC(F)(F)F)C1CC1)C(=O)O. The number of aliphatic carboxylic acids is 1. The van der Waals surface area contributed by atoms with E-state index in [4.69, 9.17) is 5.11 Å². The van der Waals surface area contributed by atoms with Crippen LogP contribution in [-0.2, 0) is 4.79 Å². The lowest BCUT2D eigenvalue weighted by atomic mass is 10.1.